The van der Waals surface area contributed by atoms with E-state index in [0.29, 0.717) is 22.1 Å². The van der Waals surface area contributed by atoms with E-state index in [9.17, 15) is 14.6 Å². The van der Waals surface area contributed by atoms with Gasteiger partial charge in [0.25, 0.3) is 0 Å². The number of aliphatic hydroxyl groups is 2. The van der Waals surface area contributed by atoms with E-state index in [0.717, 1.165) is 0 Å². The average Bonchev–Trinajstić information content (AvgIpc) is 3.11. The van der Waals surface area contributed by atoms with Gasteiger partial charge in [0.15, 0.2) is 28.4 Å². The van der Waals surface area contributed by atoms with Crippen molar-refractivity contribution in [1.82, 2.24) is 19.5 Å². The second kappa shape index (κ2) is 6.69. The first-order valence-electron chi connectivity index (χ1n) is 7.62. The highest BCUT2D eigenvalue weighted by Crippen LogP contribution is 2.53. The standard InChI is InChI=1S/C12H16N5O7PS/c13-9-6-10(15-4-14-9)17(12(16-6)26-2-1-18)11-7(19)8-5(23-11)3-22-25(20,21)24-8/h4-5,7-8,11,18-19H,1-3H2,(H,20,21)(H2,13,14,15)/t5-,7-,8-,11-/m1/s1. The van der Waals surface area contributed by atoms with Crippen molar-refractivity contribution in [3.05, 3.63) is 6.33 Å². The van der Waals surface area contributed by atoms with Crippen LogP contribution in [0.2, 0.25) is 0 Å². The van der Waals surface area contributed by atoms with Crippen molar-refractivity contribution in [3.8, 4) is 0 Å². The largest absolute Gasteiger partial charge is 0.472 e. The number of aliphatic hydroxyl groups excluding tert-OH is 2. The molecule has 2 aromatic heterocycles. The number of phosphoric acid groups is 1. The molecular weight excluding hydrogens is 389 g/mol. The van der Waals surface area contributed by atoms with Gasteiger partial charge in [-0.15, -0.1) is 0 Å². The molecule has 14 heteroatoms. The van der Waals surface area contributed by atoms with Crippen LogP contribution in [0.4, 0.5) is 5.82 Å². The molecule has 2 saturated heterocycles. The van der Waals surface area contributed by atoms with Crippen LogP contribution in [0.3, 0.4) is 0 Å². The number of ether oxygens (including phenoxy) is 1. The maximum atomic E-state index is 11.6. The summed E-state index contributed by atoms with van der Waals surface area (Å²) in [5, 5.41) is 20.2. The lowest BCUT2D eigenvalue weighted by Crippen LogP contribution is -2.39. The molecule has 4 heterocycles. The summed E-state index contributed by atoms with van der Waals surface area (Å²) in [5.74, 6) is 0.501. The summed E-state index contributed by atoms with van der Waals surface area (Å²) in [6.07, 6.45) is -2.79. The number of rotatable bonds is 4. The molecule has 1 unspecified atom stereocenters. The van der Waals surface area contributed by atoms with Crippen molar-refractivity contribution in [2.24, 2.45) is 0 Å². The number of hydrogen-bond donors (Lipinski definition) is 4. The van der Waals surface area contributed by atoms with E-state index < -0.39 is 32.4 Å². The Labute approximate surface area is 150 Å². The van der Waals surface area contributed by atoms with Crippen LogP contribution in [0.5, 0.6) is 0 Å². The molecule has 0 bridgehead atoms. The molecule has 2 fully saturated rings. The zero-order chi connectivity index (χ0) is 18.5. The van der Waals surface area contributed by atoms with Gasteiger partial charge in [-0.05, 0) is 0 Å². The summed E-state index contributed by atoms with van der Waals surface area (Å²) in [7, 11) is -4.23. The Kier molecular flexibility index (Phi) is 4.65. The Bertz CT molecular complexity index is 881. The summed E-state index contributed by atoms with van der Waals surface area (Å²) in [6.45, 7) is -0.284. The molecule has 2 aliphatic heterocycles. The summed E-state index contributed by atoms with van der Waals surface area (Å²) in [6, 6.07) is 0. The van der Waals surface area contributed by atoms with Crippen molar-refractivity contribution >= 4 is 36.6 Å². The number of imidazole rings is 1. The molecule has 4 rings (SSSR count). The molecule has 2 aromatic rings. The number of phosphoric ester groups is 1. The van der Waals surface area contributed by atoms with E-state index in [-0.39, 0.29) is 19.0 Å². The van der Waals surface area contributed by atoms with Crippen LogP contribution in [0.15, 0.2) is 11.5 Å². The zero-order valence-electron chi connectivity index (χ0n) is 13.2. The fourth-order valence-corrected chi connectivity index (χ4v) is 4.65. The molecule has 2 aliphatic rings. The predicted molar refractivity (Wildman–Crippen MR) is 88.1 cm³/mol. The summed E-state index contributed by atoms with van der Waals surface area (Å²) in [4.78, 5) is 21.9. The van der Waals surface area contributed by atoms with E-state index in [4.69, 9.17) is 24.6 Å². The number of fused-ring (bicyclic) bond motifs is 2. The fourth-order valence-electron chi connectivity index (χ4n) is 2.92. The van der Waals surface area contributed by atoms with Gasteiger partial charge in [-0.2, -0.15) is 0 Å². The average molecular weight is 405 g/mol. The van der Waals surface area contributed by atoms with Crippen LogP contribution < -0.4 is 5.73 Å². The fraction of sp³-hybridized carbons (Fsp3) is 0.583. The Morgan fingerprint density at radius 2 is 2.27 bits per heavy atom. The van der Waals surface area contributed by atoms with Crippen LogP contribution >= 0.6 is 19.6 Å². The smallest absolute Gasteiger partial charge is 0.396 e. The van der Waals surface area contributed by atoms with E-state index in [1.54, 1.807) is 0 Å². The van der Waals surface area contributed by atoms with Crippen LogP contribution in [-0.2, 0) is 18.3 Å². The SMILES string of the molecule is Nc1ncnc2c1nc(SCCO)n2[C@@H]1O[C@@H]2COP(=O)(O)O[C@H]2[C@H]1O. The maximum absolute atomic E-state index is 11.6. The molecule has 5 N–H and O–H groups in total. The molecule has 0 aromatic carbocycles. The lowest BCUT2D eigenvalue weighted by atomic mass is 10.1. The van der Waals surface area contributed by atoms with Crippen LogP contribution in [0, 0.1) is 0 Å². The van der Waals surface area contributed by atoms with Gasteiger partial charge in [-0.1, -0.05) is 11.8 Å². The normalized spacial score (nSPS) is 34.3. The number of nitrogen functional groups attached to an aromatic ring is 1. The minimum Gasteiger partial charge on any atom is -0.396 e. The highest BCUT2D eigenvalue weighted by molar-refractivity contribution is 7.99. The number of anilines is 1. The Hall–Kier alpha value is -1.31. The number of thioether (sulfide) groups is 1. The second-order valence-electron chi connectivity index (χ2n) is 5.66. The van der Waals surface area contributed by atoms with Gasteiger partial charge in [-0.25, -0.2) is 19.5 Å². The highest BCUT2D eigenvalue weighted by atomic mass is 32.2. The molecule has 26 heavy (non-hydrogen) atoms. The molecular formula is C12H16N5O7PS. The summed E-state index contributed by atoms with van der Waals surface area (Å²) >= 11 is 1.21. The monoisotopic (exact) mass is 405 g/mol. The van der Waals surface area contributed by atoms with Gasteiger partial charge >= 0.3 is 7.82 Å². The minimum atomic E-state index is -4.23. The molecule has 5 atom stereocenters. The molecule has 0 aliphatic carbocycles. The molecule has 0 spiro atoms. The first-order chi connectivity index (χ1) is 12.4. The van der Waals surface area contributed by atoms with E-state index in [2.05, 4.69) is 15.0 Å². The highest BCUT2D eigenvalue weighted by Gasteiger charge is 2.53. The first kappa shape index (κ1) is 18.1. The van der Waals surface area contributed by atoms with Crippen LogP contribution in [0.1, 0.15) is 6.23 Å². The first-order valence-corrected chi connectivity index (χ1v) is 10.1. The van der Waals surface area contributed by atoms with Crippen molar-refractivity contribution in [3.63, 3.8) is 0 Å². The summed E-state index contributed by atoms with van der Waals surface area (Å²) < 4.78 is 28.7. The van der Waals surface area contributed by atoms with Gasteiger partial charge in [-0.3, -0.25) is 13.6 Å². The molecule has 0 saturated carbocycles. The van der Waals surface area contributed by atoms with Gasteiger partial charge < -0.3 is 25.6 Å². The maximum Gasteiger partial charge on any atom is 0.472 e. The van der Waals surface area contributed by atoms with E-state index in [1.165, 1.54) is 22.7 Å². The van der Waals surface area contributed by atoms with Crippen molar-refractivity contribution in [2.45, 2.75) is 29.7 Å². The van der Waals surface area contributed by atoms with Crippen molar-refractivity contribution < 1.29 is 33.5 Å². The molecule has 12 nitrogen and oxygen atoms in total. The van der Waals surface area contributed by atoms with Crippen LogP contribution in [-0.4, -0.2) is 71.9 Å². The van der Waals surface area contributed by atoms with E-state index in [1.807, 2.05) is 0 Å². The number of nitrogens with zero attached hydrogens (tertiary/aromatic N) is 4. The number of hydrogen-bond acceptors (Lipinski definition) is 11. The Morgan fingerprint density at radius 3 is 3.04 bits per heavy atom. The molecule has 142 valence electrons. The molecule has 0 radical (unpaired) electrons. The topological polar surface area (TPSA) is 175 Å². The second-order valence-corrected chi connectivity index (χ2v) is 8.13. The van der Waals surface area contributed by atoms with Gasteiger partial charge in [0, 0.05) is 5.75 Å². The molecule has 0 amide bonds. The lowest BCUT2D eigenvalue weighted by Gasteiger charge is -2.27. The zero-order valence-corrected chi connectivity index (χ0v) is 14.9. The quantitative estimate of drug-likeness (QED) is 0.371. The van der Waals surface area contributed by atoms with Crippen molar-refractivity contribution in [1.29, 1.82) is 0 Å². The van der Waals surface area contributed by atoms with Crippen LogP contribution in [0.25, 0.3) is 11.2 Å². The predicted octanol–water partition coefficient (Wildman–Crippen LogP) is -0.733. The van der Waals surface area contributed by atoms with Crippen molar-refractivity contribution in [2.75, 3.05) is 24.7 Å². The van der Waals surface area contributed by atoms with Gasteiger partial charge in [0.05, 0.1) is 13.2 Å². The number of aromatic nitrogens is 4. The van der Waals surface area contributed by atoms with Gasteiger partial charge in [0.1, 0.15) is 24.6 Å². The van der Waals surface area contributed by atoms with Gasteiger partial charge in [0.2, 0.25) is 0 Å². The third-order valence-electron chi connectivity index (χ3n) is 4.02. The summed E-state index contributed by atoms with van der Waals surface area (Å²) in [5.41, 5.74) is 6.50. The lowest BCUT2D eigenvalue weighted by molar-refractivity contribution is -0.0684. The Morgan fingerprint density at radius 1 is 1.46 bits per heavy atom. The third-order valence-corrected chi connectivity index (χ3v) is 5.93. The van der Waals surface area contributed by atoms with E-state index >= 15 is 0 Å². The third kappa shape index (κ3) is 3.00. The number of nitrogens with two attached hydrogens (primary N) is 1. The Balaban J connectivity index is 1.76. The minimum absolute atomic E-state index is 0.0843.